The maximum Gasteiger partial charge on any atom is 0.417 e. The van der Waals surface area contributed by atoms with Crippen LogP contribution in [0.3, 0.4) is 0 Å². The lowest BCUT2D eigenvalue weighted by molar-refractivity contribution is -0.137. The molecule has 106 valence electrons. The van der Waals surface area contributed by atoms with E-state index >= 15 is 0 Å². The Labute approximate surface area is 111 Å². The predicted molar refractivity (Wildman–Crippen MR) is 70.6 cm³/mol. The molecule has 0 amide bonds. The minimum atomic E-state index is -4.33. The molecule has 5 heteroatoms. The zero-order valence-corrected chi connectivity index (χ0v) is 11.2. The van der Waals surface area contributed by atoms with E-state index in [2.05, 4.69) is 24.1 Å². The van der Waals surface area contributed by atoms with Crippen molar-refractivity contribution in [3.8, 4) is 0 Å². The van der Waals surface area contributed by atoms with Gasteiger partial charge in [0.15, 0.2) is 0 Å². The number of halogens is 3. The molecule has 19 heavy (non-hydrogen) atoms. The molecule has 1 rings (SSSR count). The van der Waals surface area contributed by atoms with Crippen LogP contribution in [0, 0.1) is 5.92 Å². The Morgan fingerprint density at radius 2 is 2.11 bits per heavy atom. The van der Waals surface area contributed by atoms with Crippen LogP contribution in [0.15, 0.2) is 24.5 Å². The molecule has 0 spiro atoms. The molecule has 2 nitrogen and oxygen atoms in total. The van der Waals surface area contributed by atoms with Crippen molar-refractivity contribution < 1.29 is 13.2 Å². The van der Waals surface area contributed by atoms with Gasteiger partial charge >= 0.3 is 6.18 Å². The van der Waals surface area contributed by atoms with Gasteiger partial charge in [0.05, 0.1) is 5.56 Å². The summed E-state index contributed by atoms with van der Waals surface area (Å²) in [4.78, 5) is 3.73. The summed E-state index contributed by atoms with van der Waals surface area (Å²) in [6.45, 7) is 5.88. The van der Waals surface area contributed by atoms with Gasteiger partial charge in [0.25, 0.3) is 0 Å². The number of nitrogens with one attached hydrogen (secondary N) is 1. The molecule has 0 aliphatic rings. The summed E-state index contributed by atoms with van der Waals surface area (Å²) in [7, 11) is 0. The lowest BCUT2D eigenvalue weighted by atomic mass is 10.1. The Balaban J connectivity index is 2.53. The minimum absolute atomic E-state index is 0.110. The zero-order valence-electron chi connectivity index (χ0n) is 11.2. The second-order valence-corrected chi connectivity index (χ2v) is 4.75. The number of rotatable bonds is 6. The van der Waals surface area contributed by atoms with E-state index in [1.807, 2.05) is 0 Å². The molecule has 0 aromatic carbocycles. The van der Waals surface area contributed by atoms with E-state index in [0.717, 1.165) is 25.4 Å². The topological polar surface area (TPSA) is 24.9 Å². The highest BCUT2D eigenvalue weighted by molar-refractivity contribution is 5.53. The molecule has 0 radical (unpaired) electrons. The van der Waals surface area contributed by atoms with Crippen LogP contribution in [0.5, 0.6) is 0 Å². The van der Waals surface area contributed by atoms with E-state index < -0.39 is 11.7 Å². The van der Waals surface area contributed by atoms with Crippen molar-refractivity contribution in [3.63, 3.8) is 0 Å². The third kappa shape index (κ3) is 5.87. The highest BCUT2D eigenvalue weighted by atomic mass is 19.4. The Bertz CT molecular complexity index is 411. The third-order valence-electron chi connectivity index (χ3n) is 2.50. The number of pyridine rings is 1. The second kappa shape index (κ2) is 7.28. The Kier molecular flexibility index (Phi) is 6.02. The van der Waals surface area contributed by atoms with Crippen molar-refractivity contribution >= 4 is 6.08 Å². The van der Waals surface area contributed by atoms with Gasteiger partial charge in [-0.25, -0.2) is 0 Å². The number of nitrogens with zero attached hydrogens (tertiary/aromatic N) is 1. The van der Waals surface area contributed by atoms with Crippen LogP contribution < -0.4 is 5.32 Å². The first-order chi connectivity index (χ1) is 8.91. The number of aromatic nitrogens is 1. The third-order valence-corrected chi connectivity index (χ3v) is 2.50. The predicted octanol–water partition coefficient (Wildman–Crippen LogP) is 3.75. The van der Waals surface area contributed by atoms with E-state index in [1.165, 1.54) is 12.3 Å². The molecular weight excluding hydrogens is 253 g/mol. The molecule has 0 atom stereocenters. The molecule has 0 aliphatic heterocycles. The summed E-state index contributed by atoms with van der Waals surface area (Å²) >= 11 is 0. The molecule has 0 aliphatic carbocycles. The first-order valence-electron chi connectivity index (χ1n) is 6.29. The van der Waals surface area contributed by atoms with Crippen molar-refractivity contribution in [2.45, 2.75) is 26.4 Å². The molecule has 0 saturated carbocycles. The van der Waals surface area contributed by atoms with Gasteiger partial charge in [0.1, 0.15) is 0 Å². The van der Waals surface area contributed by atoms with E-state index in [-0.39, 0.29) is 5.56 Å². The van der Waals surface area contributed by atoms with Crippen LogP contribution in [0.1, 0.15) is 31.4 Å². The Morgan fingerprint density at radius 1 is 1.37 bits per heavy atom. The lowest BCUT2D eigenvalue weighted by Crippen LogP contribution is -2.20. The SMILES string of the molecule is CC(C)CNCC/C=C/c1cnccc1C(F)(F)F. The average molecular weight is 272 g/mol. The molecule has 1 heterocycles. The fraction of sp³-hybridized carbons (Fsp3) is 0.500. The molecule has 0 unspecified atom stereocenters. The van der Waals surface area contributed by atoms with Crippen molar-refractivity contribution in [1.29, 1.82) is 0 Å². The highest BCUT2D eigenvalue weighted by Crippen LogP contribution is 2.31. The molecule has 0 fully saturated rings. The quantitative estimate of drug-likeness (QED) is 0.798. The Hall–Kier alpha value is -1.36. The van der Waals surface area contributed by atoms with E-state index in [1.54, 1.807) is 6.08 Å². The zero-order chi connectivity index (χ0) is 14.3. The largest absolute Gasteiger partial charge is 0.417 e. The summed E-state index contributed by atoms with van der Waals surface area (Å²) in [6.07, 6.45) is 1.97. The van der Waals surface area contributed by atoms with Crippen molar-refractivity contribution in [1.82, 2.24) is 10.3 Å². The van der Waals surface area contributed by atoms with Gasteiger partial charge < -0.3 is 5.32 Å². The summed E-state index contributed by atoms with van der Waals surface area (Å²) in [5, 5.41) is 3.23. The van der Waals surface area contributed by atoms with Gasteiger partial charge in [-0.3, -0.25) is 4.98 Å². The van der Waals surface area contributed by atoms with Crippen molar-refractivity contribution in [2.24, 2.45) is 5.92 Å². The van der Waals surface area contributed by atoms with Gasteiger partial charge in [-0.2, -0.15) is 13.2 Å². The monoisotopic (exact) mass is 272 g/mol. The van der Waals surface area contributed by atoms with Crippen molar-refractivity contribution in [2.75, 3.05) is 13.1 Å². The van der Waals surface area contributed by atoms with Gasteiger partial charge in [0.2, 0.25) is 0 Å². The summed E-state index contributed by atoms with van der Waals surface area (Å²) < 4.78 is 38.1. The van der Waals surface area contributed by atoms with Crippen molar-refractivity contribution in [3.05, 3.63) is 35.7 Å². The van der Waals surface area contributed by atoms with Crippen LogP contribution in [0.25, 0.3) is 6.08 Å². The standard InChI is InChI=1S/C14H19F3N2/c1-11(2)9-18-7-4-3-5-12-10-19-8-6-13(12)14(15,16)17/h3,5-6,8,10-11,18H,4,7,9H2,1-2H3/b5-3+. The number of hydrogen-bond acceptors (Lipinski definition) is 2. The van der Waals surface area contributed by atoms with Gasteiger partial charge in [-0.05, 0) is 31.5 Å². The molecule has 1 aromatic rings. The first kappa shape index (κ1) is 15.7. The fourth-order valence-electron chi connectivity index (χ4n) is 1.58. The molecular formula is C14H19F3N2. The van der Waals surface area contributed by atoms with E-state index in [4.69, 9.17) is 0 Å². The summed E-state index contributed by atoms with van der Waals surface area (Å²) in [5.74, 6) is 0.569. The van der Waals surface area contributed by atoms with Crippen LogP contribution in [-0.4, -0.2) is 18.1 Å². The maximum absolute atomic E-state index is 12.7. The summed E-state index contributed by atoms with van der Waals surface area (Å²) in [5.41, 5.74) is -0.534. The molecule has 0 saturated heterocycles. The summed E-state index contributed by atoms with van der Waals surface area (Å²) in [6, 6.07) is 0.997. The molecule has 0 bridgehead atoms. The van der Waals surface area contributed by atoms with Gasteiger partial charge in [-0.15, -0.1) is 0 Å². The van der Waals surface area contributed by atoms with Gasteiger partial charge in [-0.1, -0.05) is 26.0 Å². The van der Waals surface area contributed by atoms with Crippen LogP contribution >= 0.6 is 0 Å². The van der Waals surface area contributed by atoms with E-state index in [0.29, 0.717) is 12.3 Å². The van der Waals surface area contributed by atoms with Crippen LogP contribution in [-0.2, 0) is 6.18 Å². The van der Waals surface area contributed by atoms with Crippen LogP contribution in [0.2, 0.25) is 0 Å². The fourth-order valence-corrected chi connectivity index (χ4v) is 1.58. The highest BCUT2D eigenvalue weighted by Gasteiger charge is 2.32. The number of alkyl halides is 3. The smallest absolute Gasteiger partial charge is 0.316 e. The van der Waals surface area contributed by atoms with E-state index in [9.17, 15) is 13.2 Å². The average Bonchev–Trinajstić information content (AvgIpc) is 2.32. The normalized spacial score (nSPS) is 12.5. The van der Waals surface area contributed by atoms with Crippen LogP contribution in [0.4, 0.5) is 13.2 Å². The van der Waals surface area contributed by atoms with Gasteiger partial charge in [0, 0.05) is 18.0 Å². The lowest BCUT2D eigenvalue weighted by Gasteiger charge is -2.09. The number of hydrogen-bond donors (Lipinski definition) is 1. The minimum Gasteiger partial charge on any atom is -0.316 e. The second-order valence-electron chi connectivity index (χ2n) is 4.75. The first-order valence-corrected chi connectivity index (χ1v) is 6.29. The molecule has 1 aromatic heterocycles. The Morgan fingerprint density at radius 3 is 2.74 bits per heavy atom. The maximum atomic E-state index is 12.7. The molecule has 1 N–H and O–H groups in total.